The fourth-order valence-corrected chi connectivity index (χ4v) is 2.53. The van der Waals surface area contributed by atoms with E-state index in [1.807, 2.05) is 37.3 Å². The number of carbonyl (C=O) groups is 1. The van der Waals surface area contributed by atoms with Crippen molar-refractivity contribution in [1.82, 2.24) is 5.43 Å². The summed E-state index contributed by atoms with van der Waals surface area (Å²) in [5, 5.41) is 4.66. The third-order valence-electron chi connectivity index (χ3n) is 3.63. The van der Waals surface area contributed by atoms with Crippen LogP contribution in [-0.2, 0) is 11.2 Å². The van der Waals surface area contributed by atoms with Gasteiger partial charge < -0.3 is 4.74 Å². The average Bonchev–Trinajstić information content (AvgIpc) is 2.61. The van der Waals surface area contributed by atoms with Gasteiger partial charge in [-0.15, -0.1) is 0 Å². The van der Waals surface area contributed by atoms with Crippen molar-refractivity contribution in [1.29, 1.82) is 0 Å². The van der Waals surface area contributed by atoms with Crippen LogP contribution in [0.5, 0.6) is 5.75 Å². The topological polar surface area (TPSA) is 50.7 Å². The molecule has 1 N–H and O–H groups in total. The summed E-state index contributed by atoms with van der Waals surface area (Å²) in [5.74, 6) is 0.691. The smallest absolute Gasteiger partial charge is 0.240 e. The Kier molecular flexibility index (Phi) is 7.99. The summed E-state index contributed by atoms with van der Waals surface area (Å²) in [7, 11) is 0. The number of ether oxygens (including phenoxy) is 1. The highest BCUT2D eigenvalue weighted by Gasteiger charge is 2.02. The maximum absolute atomic E-state index is 11.7. The van der Waals surface area contributed by atoms with Gasteiger partial charge in [0.15, 0.2) is 0 Å². The van der Waals surface area contributed by atoms with Crippen LogP contribution >= 0.6 is 11.6 Å². The standard InChI is InChI=1S/C20H23ClN2O2/c1-16-15-18(21)11-12-19(16)25-14-6-10-20(24)23-22-13-5-9-17-7-3-2-4-8-17/h2-4,7-8,11-13,15H,5-6,9-10,14H2,1H3,(H,23,24). The van der Waals surface area contributed by atoms with Crippen LogP contribution in [0.15, 0.2) is 53.6 Å². The number of rotatable bonds is 9. The Morgan fingerprint density at radius 1 is 1.24 bits per heavy atom. The molecule has 0 heterocycles. The minimum Gasteiger partial charge on any atom is -0.493 e. The normalized spacial score (nSPS) is 10.8. The molecule has 1 amide bonds. The number of hydrogen-bond donors (Lipinski definition) is 1. The summed E-state index contributed by atoms with van der Waals surface area (Å²) in [6.45, 7) is 2.42. The van der Waals surface area contributed by atoms with E-state index < -0.39 is 0 Å². The number of nitrogens with zero attached hydrogens (tertiary/aromatic N) is 1. The lowest BCUT2D eigenvalue weighted by Gasteiger charge is -2.08. The van der Waals surface area contributed by atoms with E-state index in [0.717, 1.165) is 24.2 Å². The van der Waals surface area contributed by atoms with Gasteiger partial charge in [-0.1, -0.05) is 41.9 Å². The lowest BCUT2D eigenvalue weighted by Crippen LogP contribution is -2.18. The van der Waals surface area contributed by atoms with Crippen molar-refractivity contribution in [2.24, 2.45) is 5.10 Å². The first-order chi connectivity index (χ1) is 12.1. The molecular formula is C20H23ClN2O2. The van der Waals surface area contributed by atoms with Gasteiger partial charge in [-0.05, 0) is 55.5 Å². The van der Waals surface area contributed by atoms with Crippen LogP contribution in [0.2, 0.25) is 5.02 Å². The fraction of sp³-hybridized carbons (Fsp3) is 0.300. The molecule has 0 radical (unpaired) electrons. The molecule has 0 saturated heterocycles. The molecule has 132 valence electrons. The molecular weight excluding hydrogens is 336 g/mol. The van der Waals surface area contributed by atoms with E-state index in [1.165, 1.54) is 5.56 Å². The van der Waals surface area contributed by atoms with Crippen LogP contribution in [-0.4, -0.2) is 18.7 Å². The Balaban J connectivity index is 1.57. The molecule has 0 aliphatic heterocycles. The van der Waals surface area contributed by atoms with Crippen LogP contribution in [0.25, 0.3) is 0 Å². The maximum Gasteiger partial charge on any atom is 0.240 e. The quantitative estimate of drug-likeness (QED) is 0.406. The van der Waals surface area contributed by atoms with E-state index in [-0.39, 0.29) is 5.91 Å². The van der Waals surface area contributed by atoms with Crippen molar-refractivity contribution in [2.45, 2.75) is 32.6 Å². The molecule has 0 saturated carbocycles. The van der Waals surface area contributed by atoms with E-state index in [4.69, 9.17) is 16.3 Å². The molecule has 4 nitrogen and oxygen atoms in total. The highest BCUT2D eigenvalue weighted by atomic mass is 35.5. The van der Waals surface area contributed by atoms with Gasteiger partial charge in [-0.2, -0.15) is 5.10 Å². The number of hydrogen-bond acceptors (Lipinski definition) is 3. The molecule has 2 aromatic rings. The fourth-order valence-electron chi connectivity index (χ4n) is 2.30. The van der Waals surface area contributed by atoms with E-state index in [2.05, 4.69) is 22.7 Å². The minimum absolute atomic E-state index is 0.104. The molecule has 0 unspecified atom stereocenters. The first-order valence-electron chi connectivity index (χ1n) is 8.38. The zero-order valence-corrected chi connectivity index (χ0v) is 15.1. The molecule has 2 rings (SSSR count). The molecule has 0 aromatic heterocycles. The number of aryl methyl sites for hydroxylation is 2. The van der Waals surface area contributed by atoms with Crippen molar-refractivity contribution < 1.29 is 9.53 Å². The summed E-state index contributed by atoms with van der Waals surface area (Å²) >= 11 is 5.90. The minimum atomic E-state index is -0.104. The van der Waals surface area contributed by atoms with Gasteiger partial charge in [-0.25, -0.2) is 5.43 Å². The largest absolute Gasteiger partial charge is 0.493 e. The molecule has 0 fully saturated rings. The Morgan fingerprint density at radius 2 is 2.04 bits per heavy atom. The van der Waals surface area contributed by atoms with Gasteiger partial charge in [0, 0.05) is 17.7 Å². The van der Waals surface area contributed by atoms with Gasteiger partial charge in [0.05, 0.1) is 6.61 Å². The Labute approximate surface area is 153 Å². The Hall–Kier alpha value is -2.33. The number of nitrogens with one attached hydrogen (secondary N) is 1. The summed E-state index contributed by atoms with van der Waals surface area (Å²) in [5.41, 5.74) is 4.79. The molecule has 25 heavy (non-hydrogen) atoms. The van der Waals surface area contributed by atoms with Crippen LogP contribution in [0.3, 0.4) is 0 Å². The monoisotopic (exact) mass is 358 g/mol. The number of halogens is 1. The van der Waals surface area contributed by atoms with Crippen molar-refractivity contribution >= 4 is 23.7 Å². The zero-order valence-electron chi connectivity index (χ0n) is 14.4. The van der Waals surface area contributed by atoms with Gasteiger partial charge in [0.1, 0.15) is 5.75 Å². The number of carbonyl (C=O) groups excluding carboxylic acids is 1. The van der Waals surface area contributed by atoms with E-state index in [0.29, 0.717) is 24.5 Å². The van der Waals surface area contributed by atoms with Crippen molar-refractivity contribution in [3.05, 3.63) is 64.7 Å². The first kappa shape index (κ1) is 19.0. The van der Waals surface area contributed by atoms with Gasteiger partial charge >= 0.3 is 0 Å². The number of amides is 1. The van der Waals surface area contributed by atoms with E-state index >= 15 is 0 Å². The molecule has 0 aliphatic carbocycles. The predicted octanol–water partition coefficient (Wildman–Crippen LogP) is 4.54. The SMILES string of the molecule is Cc1cc(Cl)ccc1OCCCC(=O)NN=CCCc1ccccc1. The van der Waals surface area contributed by atoms with Crippen LogP contribution < -0.4 is 10.2 Å². The van der Waals surface area contributed by atoms with E-state index in [9.17, 15) is 4.79 Å². The Morgan fingerprint density at radius 3 is 2.80 bits per heavy atom. The van der Waals surface area contributed by atoms with Crippen LogP contribution in [0.1, 0.15) is 30.4 Å². The van der Waals surface area contributed by atoms with Crippen LogP contribution in [0, 0.1) is 6.92 Å². The summed E-state index contributed by atoms with van der Waals surface area (Å²) in [6, 6.07) is 15.7. The first-order valence-corrected chi connectivity index (χ1v) is 8.76. The highest BCUT2D eigenvalue weighted by molar-refractivity contribution is 6.30. The maximum atomic E-state index is 11.7. The summed E-state index contributed by atoms with van der Waals surface area (Å²) < 4.78 is 5.66. The zero-order chi connectivity index (χ0) is 17.9. The molecule has 0 spiro atoms. The summed E-state index contributed by atoms with van der Waals surface area (Å²) in [6.07, 6.45) is 4.45. The second-order valence-corrected chi connectivity index (χ2v) is 6.17. The molecule has 0 aliphatic rings. The molecule has 5 heteroatoms. The van der Waals surface area contributed by atoms with Gasteiger partial charge in [0.2, 0.25) is 5.91 Å². The van der Waals surface area contributed by atoms with Gasteiger partial charge in [-0.3, -0.25) is 4.79 Å². The Bertz CT molecular complexity index is 702. The third kappa shape index (κ3) is 7.40. The van der Waals surface area contributed by atoms with Crippen LogP contribution in [0.4, 0.5) is 0 Å². The van der Waals surface area contributed by atoms with Gasteiger partial charge in [0.25, 0.3) is 0 Å². The second kappa shape index (κ2) is 10.5. The molecule has 2 aromatic carbocycles. The second-order valence-electron chi connectivity index (χ2n) is 5.73. The summed E-state index contributed by atoms with van der Waals surface area (Å²) in [4.78, 5) is 11.7. The third-order valence-corrected chi connectivity index (χ3v) is 3.86. The number of hydrazone groups is 1. The van der Waals surface area contributed by atoms with Crippen molar-refractivity contribution in [3.8, 4) is 5.75 Å². The molecule has 0 atom stereocenters. The highest BCUT2D eigenvalue weighted by Crippen LogP contribution is 2.21. The number of benzene rings is 2. The van der Waals surface area contributed by atoms with Crippen molar-refractivity contribution in [2.75, 3.05) is 6.61 Å². The lowest BCUT2D eigenvalue weighted by molar-refractivity contribution is -0.121. The molecule has 0 bridgehead atoms. The van der Waals surface area contributed by atoms with E-state index in [1.54, 1.807) is 12.3 Å². The predicted molar refractivity (Wildman–Crippen MR) is 102 cm³/mol. The van der Waals surface area contributed by atoms with Crippen molar-refractivity contribution in [3.63, 3.8) is 0 Å². The average molecular weight is 359 g/mol. The lowest BCUT2D eigenvalue weighted by atomic mass is 10.1.